The molecule has 1 heterocycles. The Kier molecular flexibility index (Phi) is 2.75. The Bertz CT molecular complexity index is 305. The minimum atomic E-state index is -4.43. The normalized spacial score (nSPS) is 17.1. The van der Waals surface area contributed by atoms with Crippen LogP contribution in [0.1, 0.15) is 11.8 Å². The molecule has 0 aliphatic carbocycles. The molecule has 0 unspecified atom stereocenters. The van der Waals surface area contributed by atoms with Crippen LogP contribution in [0.25, 0.3) is 0 Å². The van der Waals surface area contributed by atoms with Gasteiger partial charge in [0, 0.05) is 9.35 Å². The quantitative estimate of drug-likeness (QED) is 0.835. The molecule has 1 atom stereocenters. The number of thiophene rings is 1. The lowest BCUT2D eigenvalue weighted by atomic mass is 10.0. The molecule has 0 saturated carbocycles. The van der Waals surface area contributed by atoms with E-state index < -0.39 is 11.7 Å². The zero-order valence-corrected chi connectivity index (χ0v) is 9.05. The van der Waals surface area contributed by atoms with Crippen molar-refractivity contribution in [1.82, 2.24) is 0 Å². The molecule has 0 amide bonds. The smallest absolute Gasteiger partial charge is 0.313 e. The van der Waals surface area contributed by atoms with Gasteiger partial charge >= 0.3 is 6.18 Å². The molecule has 6 heteroatoms. The van der Waals surface area contributed by atoms with Gasteiger partial charge in [0.15, 0.2) is 0 Å². The van der Waals surface area contributed by atoms with Crippen molar-refractivity contribution >= 4 is 27.3 Å². The van der Waals surface area contributed by atoms with Crippen LogP contribution in [0, 0.1) is 0 Å². The van der Waals surface area contributed by atoms with E-state index in [9.17, 15) is 13.2 Å². The topological polar surface area (TPSA) is 26.0 Å². The van der Waals surface area contributed by atoms with Crippen molar-refractivity contribution < 1.29 is 13.2 Å². The summed E-state index contributed by atoms with van der Waals surface area (Å²) >= 11 is 4.02. The van der Waals surface area contributed by atoms with Gasteiger partial charge in [-0.3, -0.25) is 0 Å². The van der Waals surface area contributed by atoms with Crippen LogP contribution in [0.15, 0.2) is 15.9 Å². The Balaban J connectivity index is 3.15. The van der Waals surface area contributed by atoms with E-state index in [4.69, 9.17) is 5.73 Å². The van der Waals surface area contributed by atoms with Gasteiger partial charge in [-0.15, -0.1) is 11.3 Å². The molecule has 13 heavy (non-hydrogen) atoms. The summed E-state index contributed by atoms with van der Waals surface area (Å²) in [6.07, 6.45) is -4.43. The Morgan fingerprint density at radius 2 is 2.00 bits per heavy atom. The lowest BCUT2D eigenvalue weighted by Crippen LogP contribution is -2.47. The van der Waals surface area contributed by atoms with Crippen LogP contribution in [0.2, 0.25) is 0 Å². The van der Waals surface area contributed by atoms with E-state index in [2.05, 4.69) is 15.9 Å². The Hall–Kier alpha value is -0.0700. The van der Waals surface area contributed by atoms with Crippen LogP contribution in [0.3, 0.4) is 0 Å². The molecule has 2 N–H and O–H groups in total. The molecule has 0 saturated heterocycles. The molecule has 0 aliphatic heterocycles. The van der Waals surface area contributed by atoms with Gasteiger partial charge in [-0.1, -0.05) is 0 Å². The van der Waals surface area contributed by atoms with Crippen molar-refractivity contribution in [3.8, 4) is 0 Å². The van der Waals surface area contributed by atoms with E-state index >= 15 is 0 Å². The summed E-state index contributed by atoms with van der Waals surface area (Å²) in [5.41, 5.74) is 2.94. The predicted molar refractivity (Wildman–Crippen MR) is 49.6 cm³/mol. The first-order valence-corrected chi connectivity index (χ1v) is 5.03. The molecule has 0 bridgehead atoms. The van der Waals surface area contributed by atoms with Crippen LogP contribution in [-0.2, 0) is 5.54 Å². The van der Waals surface area contributed by atoms with Crippen LogP contribution < -0.4 is 5.73 Å². The molecule has 0 fully saturated rings. The van der Waals surface area contributed by atoms with Crippen molar-refractivity contribution in [2.24, 2.45) is 5.73 Å². The summed E-state index contributed by atoms with van der Waals surface area (Å²) in [6, 6.07) is 1.55. The van der Waals surface area contributed by atoms with Gasteiger partial charge in [0.2, 0.25) is 0 Å². The number of nitrogens with two attached hydrogens (primary N) is 1. The highest BCUT2D eigenvalue weighted by Crippen LogP contribution is 2.41. The third-order valence-corrected chi connectivity index (χ3v) is 3.75. The first-order chi connectivity index (χ1) is 5.77. The largest absolute Gasteiger partial charge is 0.411 e. The minimum Gasteiger partial charge on any atom is -0.313 e. The van der Waals surface area contributed by atoms with Gasteiger partial charge in [0.1, 0.15) is 5.54 Å². The van der Waals surface area contributed by atoms with Gasteiger partial charge in [0.25, 0.3) is 0 Å². The Labute approximate surface area is 85.9 Å². The number of hydrogen-bond acceptors (Lipinski definition) is 2. The van der Waals surface area contributed by atoms with E-state index in [1.165, 1.54) is 0 Å². The maximum Gasteiger partial charge on any atom is 0.411 e. The highest BCUT2D eigenvalue weighted by Gasteiger charge is 2.51. The van der Waals surface area contributed by atoms with Crippen molar-refractivity contribution in [1.29, 1.82) is 0 Å². The number of hydrogen-bond donors (Lipinski definition) is 1. The molecule has 1 aromatic heterocycles. The van der Waals surface area contributed by atoms with Gasteiger partial charge in [-0.05, 0) is 34.3 Å². The van der Waals surface area contributed by atoms with Gasteiger partial charge in [0.05, 0.1) is 0 Å². The van der Waals surface area contributed by atoms with E-state index in [1.54, 1.807) is 11.4 Å². The molecular weight excluding hydrogens is 267 g/mol. The molecule has 0 radical (unpaired) electrons. The SMILES string of the molecule is C[C@](N)(c1sccc1Br)C(F)(F)F. The summed E-state index contributed by atoms with van der Waals surface area (Å²) in [4.78, 5) is 0.0972. The van der Waals surface area contributed by atoms with E-state index in [0.29, 0.717) is 4.47 Å². The third kappa shape index (κ3) is 1.89. The van der Waals surface area contributed by atoms with Crippen molar-refractivity contribution in [2.75, 3.05) is 0 Å². The first-order valence-electron chi connectivity index (χ1n) is 3.36. The lowest BCUT2D eigenvalue weighted by molar-refractivity contribution is -0.183. The molecule has 0 aliphatic rings. The van der Waals surface area contributed by atoms with Crippen LogP contribution in [0.4, 0.5) is 13.2 Å². The second-order valence-electron chi connectivity index (χ2n) is 2.80. The highest BCUT2D eigenvalue weighted by molar-refractivity contribution is 9.10. The van der Waals surface area contributed by atoms with Crippen molar-refractivity contribution in [3.63, 3.8) is 0 Å². The second kappa shape index (κ2) is 3.25. The Morgan fingerprint density at radius 1 is 1.46 bits per heavy atom. The first kappa shape index (κ1) is 11.0. The fourth-order valence-corrected chi connectivity index (χ4v) is 2.67. The molecule has 1 nitrogen and oxygen atoms in total. The van der Waals surface area contributed by atoms with Crippen LogP contribution in [-0.4, -0.2) is 6.18 Å². The summed E-state index contributed by atoms with van der Waals surface area (Å²) in [6.45, 7) is 0.962. The summed E-state index contributed by atoms with van der Waals surface area (Å²) < 4.78 is 37.7. The molecule has 74 valence electrons. The van der Waals surface area contributed by atoms with E-state index in [0.717, 1.165) is 18.3 Å². The summed E-state index contributed by atoms with van der Waals surface area (Å²) in [7, 11) is 0. The summed E-state index contributed by atoms with van der Waals surface area (Å²) in [5, 5.41) is 1.57. The molecule has 0 aromatic carbocycles. The fourth-order valence-electron chi connectivity index (χ4n) is 0.793. The van der Waals surface area contributed by atoms with Gasteiger partial charge in [-0.2, -0.15) is 13.2 Å². The van der Waals surface area contributed by atoms with Crippen molar-refractivity contribution in [2.45, 2.75) is 18.6 Å². The van der Waals surface area contributed by atoms with Crippen molar-refractivity contribution in [3.05, 3.63) is 20.8 Å². The Morgan fingerprint density at radius 3 is 2.31 bits per heavy atom. The number of alkyl halides is 3. The van der Waals surface area contributed by atoms with Crippen LogP contribution in [0.5, 0.6) is 0 Å². The second-order valence-corrected chi connectivity index (χ2v) is 4.57. The standard InChI is InChI=1S/C7H7BrF3NS/c1-6(12,7(9,10)11)5-4(8)2-3-13-5/h2-3H,12H2,1H3/t6-/m0/s1. The van der Waals surface area contributed by atoms with E-state index in [-0.39, 0.29) is 4.88 Å². The maximum atomic E-state index is 12.4. The van der Waals surface area contributed by atoms with Crippen LogP contribution >= 0.6 is 27.3 Å². The molecule has 0 spiro atoms. The molecule has 1 rings (SSSR count). The lowest BCUT2D eigenvalue weighted by Gasteiger charge is -2.26. The average Bonchev–Trinajstić information content (AvgIpc) is 2.32. The highest BCUT2D eigenvalue weighted by atomic mass is 79.9. The molecule has 1 aromatic rings. The third-order valence-electron chi connectivity index (χ3n) is 1.68. The maximum absolute atomic E-state index is 12.4. The van der Waals surface area contributed by atoms with Gasteiger partial charge in [-0.25, -0.2) is 0 Å². The minimum absolute atomic E-state index is 0.0972. The van der Waals surface area contributed by atoms with Gasteiger partial charge < -0.3 is 5.73 Å². The zero-order chi connectivity index (χ0) is 10.3. The number of rotatable bonds is 1. The molecular formula is C7H7BrF3NS. The predicted octanol–water partition coefficient (Wildman–Crippen LogP) is 3.25. The summed E-state index contributed by atoms with van der Waals surface area (Å²) in [5.74, 6) is 0. The monoisotopic (exact) mass is 273 g/mol. The zero-order valence-electron chi connectivity index (χ0n) is 6.65. The van der Waals surface area contributed by atoms with E-state index in [1.807, 2.05) is 0 Å². The number of halogens is 4. The average molecular weight is 274 g/mol. The fraction of sp³-hybridized carbons (Fsp3) is 0.429.